The third kappa shape index (κ3) is 3.91. The molecule has 0 aliphatic carbocycles. The number of amides is 2. The lowest BCUT2D eigenvalue weighted by atomic mass is 10.0. The van der Waals surface area contributed by atoms with Crippen LogP contribution < -0.4 is 10.2 Å². The number of urea groups is 1. The van der Waals surface area contributed by atoms with E-state index in [1.165, 1.54) is 35.7 Å². The van der Waals surface area contributed by atoms with Crippen LogP contribution >= 0.6 is 23.4 Å². The number of ketones is 1. The molecule has 1 aliphatic rings. The minimum absolute atomic E-state index is 0.0980. The van der Waals surface area contributed by atoms with Crippen LogP contribution in [0.25, 0.3) is 0 Å². The number of nitrogens with zero attached hydrogens (tertiary/aromatic N) is 2. The minimum Gasteiger partial charge on any atom is -0.332 e. The number of rotatable bonds is 4. The van der Waals surface area contributed by atoms with E-state index < -0.39 is 0 Å². The lowest BCUT2D eigenvalue weighted by Crippen LogP contribution is -2.42. The summed E-state index contributed by atoms with van der Waals surface area (Å²) in [6.45, 7) is 3.56. The summed E-state index contributed by atoms with van der Waals surface area (Å²) >= 11 is 7.87. The zero-order valence-electron chi connectivity index (χ0n) is 16.2. The van der Waals surface area contributed by atoms with E-state index in [2.05, 4.69) is 10.3 Å². The predicted molar refractivity (Wildman–Crippen MR) is 115 cm³/mol. The molecule has 2 heterocycles. The molecule has 0 saturated carbocycles. The molecule has 0 unspecified atom stereocenters. The van der Waals surface area contributed by atoms with Crippen molar-refractivity contribution in [3.05, 3.63) is 76.2 Å². The summed E-state index contributed by atoms with van der Waals surface area (Å²) < 4.78 is 13.1. The number of hydrogen-bond donors (Lipinski definition) is 1. The van der Waals surface area contributed by atoms with Crippen molar-refractivity contribution < 1.29 is 14.0 Å². The van der Waals surface area contributed by atoms with Crippen LogP contribution in [0.3, 0.4) is 0 Å². The predicted octanol–water partition coefficient (Wildman–Crippen LogP) is 5.90. The van der Waals surface area contributed by atoms with Gasteiger partial charge in [-0.15, -0.1) is 0 Å². The molecule has 0 radical (unpaired) electrons. The van der Waals surface area contributed by atoms with Crippen LogP contribution in [0.5, 0.6) is 0 Å². The van der Waals surface area contributed by atoms with Crippen molar-refractivity contribution in [3.8, 4) is 0 Å². The SMILES string of the molecule is CC(=O)c1cc(C)c(N2C(=O)NCc3nc(Sc4ccc(F)cc4)ccc32)c(Cl)c1. The Morgan fingerprint density at radius 3 is 2.60 bits per heavy atom. The molecule has 1 aliphatic heterocycles. The zero-order valence-corrected chi connectivity index (χ0v) is 17.8. The van der Waals surface area contributed by atoms with E-state index >= 15 is 0 Å². The van der Waals surface area contributed by atoms with E-state index in [-0.39, 0.29) is 24.2 Å². The minimum atomic E-state index is -0.316. The normalized spacial score (nSPS) is 13.1. The molecule has 5 nitrogen and oxygen atoms in total. The number of benzene rings is 2. The molecule has 0 atom stereocenters. The highest BCUT2D eigenvalue weighted by molar-refractivity contribution is 7.99. The Morgan fingerprint density at radius 2 is 1.93 bits per heavy atom. The van der Waals surface area contributed by atoms with Gasteiger partial charge in [0.2, 0.25) is 0 Å². The maximum Gasteiger partial charge on any atom is 0.326 e. The first-order valence-corrected chi connectivity index (χ1v) is 10.4. The van der Waals surface area contributed by atoms with E-state index in [1.807, 2.05) is 12.1 Å². The highest BCUT2D eigenvalue weighted by Crippen LogP contribution is 2.39. The monoisotopic (exact) mass is 441 g/mol. The fourth-order valence-electron chi connectivity index (χ4n) is 3.28. The van der Waals surface area contributed by atoms with E-state index in [1.54, 1.807) is 31.2 Å². The van der Waals surface area contributed by atoms with E-state index in [0.29, 0.717) is 33.2 Å². The molecule has 152 valence electrons. The Kier molecular flexibility index (Phi) is 5.49. The molecule has 2 amide bonds. The second kappa shape index (κ2) is 8.08. The number of hydrogen-bond acceptors (Lipinski definition) is 4. The smallest absolute Gasteiger partial charge is 0.326 e. The van der Waals surface area contributed by atoms with Crippen LogP contribution in [0.1, 0.15) is 28.5 Å². The van der Waals surface area contributed by atoms with Crippen LogP contribution in [0.15, 0.2) is 58.5 Å². The number of anilines is 2. The van der Waals surface area contributed by atoms with Gasteiger partial charge < -0.3 is 5.32 Å². The number of aromatic nitrogens is 1. The number of halogens is 2. The first kappa shape index (κ1) is 20.4. The molecule has 0 spiro atoms. The molecule has 1 N–H and O–H groups in total. The van der Waals surface area contributed by atoms with Crippen LogP contribution in [-0.4, -0.2) is 16.8 Å². The Morgan fingerprint density at radius 1 is 1.20 bits per heavy atom. The van der Waals surface area contributed by atoms with Gasteiger partial charge in [-0.1, -0.05) is 23.4 Å². The molecular formula is C22H17ClFN3O2S. The van der Waals surface area contributed by atoms with Gasteiger partial charge in [-0.3, -0.25) is 9.69 Å². The molecule has 0 fully saturated rings. The van der Waals surface area contributed by atoms with Crippen LogP contribution in [0.4, 0.5) is 20.6 Å². The lowest BCUT2D eigenvalue weighted by Gasteiger charge is -2.31. The summed E-state index contributed by atoms with van der Waals surface area (Å²) in [5.74, 6) is -0.390. The number of pyridine rings is 1. The average molecular weight is 442 g/mol. The van der Waals surface area contributed by atoms with Crippen LogP contribution in [0, 0.1) is 12.7 Å². The van der Waals surface area contributed by atoms with Crippen molar-refractivity contribution in [1.82, 2.24) is 10.3 Å². The number of carbonyl (C=O) groups excluding carboxylic acids is 2. The highest BCUT2D eigenvalue weighted by Gasteiger charge is 2.29. The van der Waals surface area contributed by atoms with Gasteiger partial charge in [-0.2, -0.15) is 0 Å². The highest BCUT2D eigenvalue weighted by atomic mass is 35.5. The van der Waals surface area contributed by atoms with Gasteiger partial charge >= 0.3 is 6.03 Å². The first-order chi connectivity index (χ1) is 14.3. The molecule has 30 heavy (non-hydrogen) atoms. The van der Waals surface area contributed by atoms with E-state index in [0.717, 1.165) is 9.92 Å². The summed E-state index contributed by atoms with van der Waals surface area (Å²) in [6, 6.07) is 12.8. The summed E-state index contributed by atoms with van der Waals surface area (Å²) in [5.41, 5.74) is 3.03. The van der Waals surface area contributed by atoms with Gasteiger partial charge in [-0.25, -0.2) is 14.2 Å². The Balaban J connectivity index is 1.72. The van der Waals surface area contributed by atoms with Crippen molar-refractivity contribution in [2.75, 3.05) is 4.90 Å². The lowest BCUT2D eigenvalue weighted by molar-refractivity contribution is 0.101. The van der Waals surface area contributed by atoms with Gasteiger partial charge in [0.1, 0.15) is 10.8 Å². The van der Waals surface area contributed by atoms with Crippen LogP contribution in [0.2, 0.25) is 5.02 Å². The van der Waals surface area contributed by atoms with Crippen molar-refractivity contribution in [2.24, 2.45) is 0 Å². The van der Waals surface area contributed by atoms with Gasteiger partial charge in [-0.05, 0) is 67.9 Å². The Labute approximate surface area is 182 Å². The quantitative estimate of drug-likeness (QED) is 0.512. The van der Waals surface area contributed by atoms with Crippen LogP contribution in [-0.2, 0) is 6.54 Å². The molecule has 1 aromatic heterocycles. The van der Waals surface area contributed by atoms with Crippen molar-refractivity contribution >= 4 is 46.6 Å². The van der Waals surface area contributed by atoms with E-state index in [9.17, 15) is 14.0 Å². The fraction of sp³-hybridized carbons (Fsp3) is 0.136. The van der Waals surface area contributed by atoms with Crippen molar-refractivity contribution in [2.45, 2.75) is 30.3 Å². The molecule has 0 bridgehead atoms. The Hall–Kier alpha value is -2.90. The van der Waals surface area contributed by atoms with Gasteiger partial charge in [0.05, 0.1) is 28.6 Å². The standard InChI is InChI=1S/C22H17ClFN3O2S/c1-12-9-14(13(2)28)10-17(23)21(12)27-19-7-8-20(26-18(19)11-25-22(27)29)30-16-5-3-15(24)4-6-16/h3-10H,11H2,1-2H3,(H,25,29). The largest absolute Gasteiger partial charge is 0.332 e. The third-order valence-corrected chi connectivity index (χ3v) is 5.93. The van der Waals surface area contributed by atoms with Gasteiger partial charge in [0, 0.05) is 10.5 Å². The van der Waals surface area contributed by atoms with Crippen molar-refractivity contribution in [3.63, 3.8) is 0 Å². The number of aryl methyl sites for hydroxylation is 1. The molecule has 0 saturated heterocycles. The number of carbonyl (C=O) groups is 2. The summed E-state index contributed by atoms with van der Waals surface area (Å²) in [6.07, 6.45) is 0. The second-order valence-electron chi connectivity index (χ2n) is 6.85. The molecular weight excluding hydrogens is 425 g/mol. The molecule has 3 aromatic rings. The third-order valence-electron chi connectivity index (χ3n) is 4.70. The summed E-state index contributed by atoms with van der Waals surface area (Å²) in [5, 5.41) is 3.86. The van der Waals surface area contributed by atoms with Gasteiger partial charge in [0.25, 0.3) is 0 Å². The number of fused-ring (bicyclic) bond motifs is 1. The van der Waals surface area contributed by atoms with E-state index in [4.69, 9.17) is 11.6 Å². The summed E-state index contributed by atoms with van der Waals surface area (Å²) in [7, 11) is 0. The summed E-state index contributed by atoms with van der Waals surface area (Å²) in [4.78, 5) is 31.4. The zero-order chi connectivity index (χ0) is 21.4. The first-order valence-electron chi connectivity index (χ1n) is 9.16. The maximum absolute atomic E-state index is 13.1. The topological polar surface area (TPSA) is 62.3 Å². The Bertz CT molecular complexity index is 1140. The molecule has 8 heteroatoms. The molecule has 2 aromatic carbocycles. The fourth-order valence-corrected chi connectivity index (χ4v) is 4.44. The maximum atomic E-state index is 13.1. The average Bonchev–Trinajstić information content (AvgIpc) is 2.70. The molecule has 4 rings (SSSR count). The number of Topliss-reactive ketones (excluding diaryl/α,β-unsaturated/α-hetero) is 1. The second-order valence-corrected chi connectivity index (χ2v) is 8.35. The van der Waals surface area contributed by atoms with Crippen molar-refractivity contribution in [1.29, 1.82) is 0 Å². The number of nitrogens with one attached hydrogen (secondary N) is 1. The van der Waals surface area contributed by atoms with Gasteiger partial charge in [0.15, 0.2) is 5.78 Å².